The Balaban J connectivity index is 2.82. The van der Waals surface area contributed by atoms with Gasteiger partial charge < -0.3 is 4.74 Å². The molecule has 0 aliphatic rings. The van der Waals surface area contributed by atoms with E-state index in [-0.39, 0.29) is 17.1 Å². The number of hydrogen-bond acceptors (Lipinski definition) is 5. The van der Waals surface area contributed by atoms with Gasteiger partial charge in [-0.2, -0.15) is 9.97 Å². The lowest BCUT2D eigenvalue weighted by atomic mass is 10.2. The molecule has 1 aromatic heterocycles. The highest BCUT2D eigenvalue weighted by Crippen LogP contribution is 2.18. The molecule has 1 atom stereocenters. The van der Waals surface area contributed by atoms with Crippen molar-refractivity contribution in [1.29, 1.82) is 0 Å². The van der Waals surface area contributed by atoms with Crippen LogP contribution in [-0.2, 0) is 4.74 Å². The van der Waals surface area contributed by atoms with Crippen LogP contribution in [0.15, 0.2) is 0 Å². The highest BCUT2D eigenvalue weighted by molar-refractivity contribution is 6.28. The molecule has 0 saturated heterocycles. The average molecular weight is 293 g/mol. The average Bonchev–Trinajstić information content (AvgIpc) is 2.12. The van der Waals surface area contributed by atoms with Gasteiger partial charge >= 0.3 is 6.09 Å². The maximum absolute atomic E-state index is 11.5. The van der Waals surface area contributed by atoms with Crippen molar-refractivity contribution in [2.24, 2.45) is 0 Å². The highest BCUT2D eigenvalue weighted by atomic mass is 35.5. The summed E-state index contributed by atoms with van der Waals surface area (Å²) in [6.07, 6.45) is -0.669. The molecule has 0 radical (unpaired) electrons. The molecule has 0 aliphatic heterocycles. The lowest BCUT2D eigenvalue weighted by Gasteiger charge is -2.19. The number of rotatable bonds is 2. The maximum atomic E-state index is 11.5. The topological polar surface area (TPSA) is 77.0 Å². The summed E-state index contributed by atoms with van der Waals surface area (Å²) in [5.41, 5.74) is -0.608. The quantitative estimate of drug-likeness (QED) is 0.847. The number of aromatic nitrogens is 3. The third-order valence-electron chi connectivity index (χ3n) is 1.59. The van der Waals surface area contributed by atoms with Gasteiger partial charge in [-0.05, 0) is 39.3 Å². The molecular weight excluding hydrogens is 279 g/mol. The summed E-state index contributed by atoms with van der Waals surface area (Å²) in [6.45, 7) is 6.93. The van der Waals surface area contributed by atoms with Gasteiger partial charge in [-0.3, -0.25) is 5.32 Å². The van der Waals surface area contributed by atoms with Crippen molar-refractivity contribution in [1.82, 2.24) is 15.0 Å². The van der Waals surface area contributed by atoms with Gasteiger partial charge in [0, 0.05) is 0 Å². The number of carbonyl (C=O) groups is 1. The number of alkyl halides is 1. The number of hydrogen-bond donors (Lipinski definition) is 1. The van der Waals surface area contributed by atoms with Gasteiger partial charge in [-0.25, -0.2) is 9.78 Å². The zero-order chi connectivity index (χ0) is 13.9. The Hall–Kier alpha value is -1.14. The van der Waals surface area contributed by atoms with E-state index in [4.69, 9.17) is 27.9 Å². The van der Waals surface area contributed by atoms with E-state index in [1.165, 1.54) is 0 Å². The van der Waals surface area contributed by atoms with Crippen LogP contribution in [0.2, 0.25) is 5.28 Å². The number of nitrogens with zero attached hydrogens (tertiary/aromatic N) is 3. The zero-order valence-corrected chi connectivity index (χ0v) is 12.0. The molecule has 8 heteroatoms. The van der Waals surface area contributed by atoms with E-state index >= 15 is 0 Å². The van der Waals surface area contributed by atoms with Crippen LogP contribution in [0.3, 0.4) is 0 Å². The van der Waals surface area contributed by atoms with Crippen molar-refractivity contribution >= 4 is 35.2 Å². The van der Waals surface area contributed by atoms with Crippen LogP contribution >= 0.6 is 23.2 Å². The Morgan fingerprint density at radius 1 is 1.33 bits per heavy atom. The van der Waals surface area contributed by atoms with E-state index in [0.29, 0.717) is 0 Å². The van der Waals surface area contributed by atoms with Crippen LogP contribution in [0.25, 0.3) is 0 Å². The number of anilines is 1. The third-order valence-corrected chi connectivity index (χ3v) is 1.96. The summed E-state index contributed by atoms with van der Waals surface area (Å²) in [6, 6.07) is 0. The Morgan fingerprint density at radius 2 is 1.94 bits per heavy atom. The molecule has 6 nitrogen and oxygen atoms in total. The molecule has 100 valence electrons. The molecule has 0 spiro atoms. The van der Waals surface area contributed by atoms with Crippen LogP contribution in [0.4, 0.5) is 10.7 Å². The van der Waals surface area contributed by atoms with Crippen molar-refractivity contribution in [2.45, 2.75) is 38.7 Å². The van der Waals surface area contributed by atoms with Crippen molar-refractivity contribution < 1.29 is 9.53 Å². The number of carbonyl (C=O) groups excluding carboxylic acids is 1. The van der Waals surface area contributed by atoms with Gasteiger partial charge in [0.1, 0.15) is 5.60 Å². The largest absolute Gasteiger partial charge is 0.444 e. The van der Waals surface area contributed by atoms with E-state index in [2.05, 4.69) is 20.3 Å². The highest BCUT2D eigenvalue weighted by Gasteiger charge is 2.18. The second-order valence-electron chi connectivity index (χ2n) is 4.53. The zero-order valence-electron chi connectivity index (χ0n) is 10.5. The summed E-state index contributed by atoms with van der Waals surface area (Å²) >= 11 is 11.5. The summed E-state index contributed by atoms with van der Waals surface area (Å²) in [5.74, 6) is 0.287. The molecule has 0 fully saturated rings. The maximum Gasteiger partial charge on any atom is 0.414 e. The Morgan fingerprint density at radius 3 is 2.44 bits per heavy atom. The minimum atomic E-state index is -0.669. The molecule has 1 N–H and O–H groups in total. The first-order chi connectivity index (χ1) is 8.17. The van der Waals surface area contributed by atoms with Gasteiger partial charge in [0.15, 0.2) is 5.82 Å². The summed E-state index contributed by atoms with van der Waals surface area (Å²) < 4.78 is 5.06. The molecule has 1 rings (SSSR count). The number of nitrogens with one attached hydrogen (secondary N) is 1. The standard InChI is InChI=1S/C10H14Cl2N4O2/c1-5(11)6-13-7(12)15-8(14-6)16-9(17)18-10(2,3)4/h5H,1-4H3,(H,13,14,15,16,17). The first-order valence-corrected chi connectivity index (χ1v) is 6.04. The molecule has 0 aromatic carbocycles. The smallest absolute Gasteiger partial charge is 0.414 e. The monoisotopic (exact) mass is 292 g/mol. The summed E-state index contributed by atoms with van der Waals surface area (Å²) in [5, 5.41) is 1.88. The van der Waals surface area contributed by atoms with Gasteiger partial charge in [-0.1, -0.05) is 0 Å². The second kappa shape index (κ2) is 5.67. The van der Waals surface area contributed by atoms with E-state index in [0.717, 1.165) is 0 Å². The first-order valence-electron chi connectivity index (χ1n) is 5.23. The molecule has 0 aliphatic carbocycles. The third kappa shape index (κ3) is 5.01. The molecule has 1 aromatic rings. The van der Waals surface area contributed by atoms with Gasteiger partial charge in [0.05, 0.1) is 5.38 Å². The molecule has 1 unspecified atom stereocenters. The predicted molar refractivity (Wildman–Crippen MR) is 69.0 cm³/mol. The van der Waals surface area contributed by atoms with Crippen LogP contribution in [0, 0.1) is 0 Å². The van der Waals surface area contributed by atoms with E-state index < -0.39 is 17.1 Å². The predicted octanol–water partition coefficient (Wildman–Crippen LogP) is 3.17. The fraction of sp³-hybridized carbons (Fsp3) is 0.600. The number of amides is 1. The van der Waals surface area contributed by atoms with Gasteiger partial charge in [-0.15, -0.1) is 11.6 Å². The first kappa shape index (κ1) is 14.9. The molecular formula is C10H14Cl2N4O2. The van der Waals surface area contributed by atoms with E-state index in [9.17, 15) is 4.79 Å². The lowest BCUT2D eigenvalue weighted by Crippen LogP contribution is -2.28. The van der Waals surface area contributed by atoms with Crippen LogP contribution < -0.4 is 5.32 Å². The summed E-state index contributed by atoms with van der Waals surface area (Å²) in [4.78, 5) is 23.1. The minimum absolute atomic E-state index is 0.00625. The SMILES string of the molecule is CC(Cl)c1nc(Cl)nc(NC(=O)OC(C)(C)C)n1. The lowest BCUT2D eigenvalue weighted by molar-refractivity contribution is 0.0634. The number of halogens is 2. The molecule has 1 amide bonds. The molecule has 0 saturated carbocycles. The Kier molecular flexibility index (Phi) is 4.70. The van der Waals surface area contributed by atoms with Crippen molar-refractivity contribution in [2.75, 3.05) is 5.32 Å². The van der Waals surface area contributed by atoms with Crippen molar-refractivity contribution in [3.05, 3.63) is 11.1 Å². The van der Waals surface area contributed by atoms with E-state index in [1.807, 2.05) is 0 Å². The Labute approximate surface area is 115 Å². The fourth-order valence-corrected chi connectivity index (χ4v) is 1.26. The van der Waals surface area contributed by atoms with E-state index in [1.54, 1.807) is 27.7 Å². The van der Waals surface area contributed by atoms with Crippen molar-refractivity contribution in [3.8, 4) is 0 Å². The Bertz CT molecular complexity index is 446. The van der Waals surface area contributed by atoms with Crippen molar-refractivity contribution in [3.63, 3.8) is 0 Å². The molecule has 18 heavy (non-hydrogen) atoms. The minimum Gasteiger partial charge on any atom is -0.444 e. The van der Waals surface area contributed by atoms with Crippen LogP contribution in [-0.4, -0.2) is 26.6 Å². The van der Waals surface area contributed by atoms with Crippen LogP contribution in [0.1, 0.15) is 38.9 Å². The van der Waals surface area contributed by atoms with Gasteiger partial charge in [0.2, 0.25) is 11.2 Å². The second-order valence-corrected chi connectivity index (χ2v) is 5.52. The van der Waals surface area contributed by atoms with Crippen LogP contribution in [0.5, 0.6) is 0 Å². The fourth-order valence-electron chi connectivity index (χ4n) is 0.994. The number of ether oxygens (including phenoxy) is 1. The molecule has 0 bridgehead atoms. The van der Waals surface area contributed by atoms with Gasteiger partial charge in [0.25, 0.3) is 0 Å². The normalized spacial score (nSPS) is 13.0. The molecule has 1 heterocycles. The summed E-state index contributed by atoms with van der Waals surface area (Å²) in [7, 11) is 0.